The molecule has 29 heavy (non-hydrogen) atoms. The molecule has 8 heteroatoms. The summed E-state index contributed by atoms with van der Waals surface area (Å²) >= 11 is 1.88. The van der Waals surface area contributed by atoms with Gasteiger partial charge in [-0.1, -0.05) is 13.3 Å². The summed E-state index contributed by atoms with van der Waals surface area (Å²) in [4.78, 5) is 12.8. The number of hydrogen-bond acceptors (Lipinski definition) is 6. The summed E-state index contributed by atoms with van der Waals surface area (Å²) in [7, 11) is 0. The summed E-state index contributed by atoms with van der Waals surface area (Å²) in [5.41, 5.74) is 2.82. The van der Waals surface area contributed by atoms with Crippen LogP contribution < -0.4 is 4.90 Å². The minimum Gasteiger partial charge on any atom is -0.378 e. The highest BCUT2D eigenvalue weighted by Gasteiger charge is 2.16. The van der Waals surface area contributed by atoms with Gasteiger partial charge in [0.2, 0.25) is 5.95 Å². The summed E-state index contributed by atoms with van der Waals surface area (Å²) in [6, 6.07) is 8.42. The number of thioether (sulfide) groups is 1. The number of ether oxygens (including phenoxy) is 1. The van der Waals surface area contributed by atoms with E-state index >= 15 is 0 Å². The number of nitrogens with zero attached hydrogens (tertiary/aromatic N) is 6. The lowest BCUT2D eigenvalue weighted by atomic mass is 10.3. The Labute approximate surface area is 173 Å². The third-order valence-corrected chi connectivity index (χ3v) is 6.19. The van der Waals surface area contributed by atoms with Crippen LogP contribution in [-0.2, 0) is 4.74 Å². The van der Waals surface area contributed by atoms with Crippen LogP contribution in [0.15, 0.2) is 47.8 Å². The van der Waals surface area contributed by atoms with E-state index in [1.54, 1.807) is 0 Å². The highest BCUT2D eigenvalue weighted by Crippen LogP contribution is 2.25. The fourth-order valence-electron chi connectivity index (χ4n) is 3.53. The second kappa shape index (κ2) is 8.04. The van der Waals surface area contributed by atoms with Gasteiger partial charge in [0.05, 0.1) is 25.1 Å². The average Bonchev–Trinajstić information content (AvgIpc) is 3.38. The number of hydrogen-bond donors (Lipinski definition) is 0. The second-order valence-corrected chi connectivity index (χ2v) is 8.34. The van der Waals surface area contributed by atoms with E-state index in [1.807, 2.05) is 34.7 Å². The fraction of sp³-hybridized carbons (Fsp3) is 0.381. The number of aromatic nitrogens is 5. The Hall–Kier alpha value is -2.58. The van der Waals surface area contributed by atoms with Crippen molar-refractivity contribution in [3.05, 3.63) is 42.9 Å². The molecule has 0 saturated carbocycles. The summed E-state index contributed by atoms with van der Waals surface area (Å²) in [5.74, 6) is 1.90. The van der Waals surface area contributed by atoms with E-state index in [0.717, 1.165) is 60.4 Å². The van der Waals surface area contributed by atoms with Crippen molar-refractivity contribution in [2.75, 3.05) is 37.0 Å². The van der Waals surface area contributed by atoms with Gasteiger partial charge in [-0.25, -0.2) is 9.50 Å². The molecule has 0 atom stereocenters. The van der Waals surface area contributed by atoms with Crippen LogP contribution in [0.3, 0.4) is 0 Å². The molecule has 0 radical (unpaired) electrons. The van der Waals surface area contributed by atoms with Crippen molar-refractivity contribution >= 4 is 34.4 Å². The molecular weight excluding hydrogens is 384 g/mol. The number of anilines is 1. The number of fused-ring (bicyclic) bond motifs is 2. The molecule has 0 aromatic carbocycles. The Bertz CT molecular complexity index is 1130. The first kappa shape index (κ1) is 18.4. The summed E-state index contributed by atoms with van der Waals surface area (Å²) in [5, 5.41) is 5.83. The van der Waals surface area contributed by atoms with E-state index in [0.29, 0.717) is 0 Å². The van der Waals surface area contributed by atoms with E-state index in [1.165, 1.54) is 17.7 Å². The Balaban J connectivity index is 1.44. The SMILES string of the molecule is CCCCSc1cnc2c(ccn2-c2ccc3nc(N4CCOCC4)nn3c2)c1. The van der Waals surface area contributed by atoms with Crippen LogP contribution in [-0.4, -0.2) is 56.2 Å². The third-order valence-electron chi connectivity index (χ3n) is 5.14. The van der Waals surface area contributed by atoms with Gasteiger partial charge in [0.25, 0.3) is 0 Å². The molecule has 1 aliphatic heterocycles. The van der Waals surface area contributed by atoms with Crippen LogP contribution in [0.25, 0.3) is 22.4 Å². The Kier molecular flexibility index (Phi) is 5.12. The van der Waals surface area contributed by atoms with E-state index < -0.39 is 0 Å². The maximum atomic E-state index is 5.42. The lowest BCUT2D eigenvalue weighted by molar-refractivity contribution is 0.122. The van der Waals surface area contributed by atoms with E-state index in [-0.39, 0.29) is 0 Å². The van der Waals surface area contributed by atoms with Crippen molar-refractivity contribution in [1.29, 1.82) is 0 Å². The molecule has 0 bridgehead atoms. The minimum absolute atomic E-state index is 0.723. The van der Waals surface area contributed by atoms with Crippen LogP contribution in [0.5, 0.6) is 0 Å². The maximum absolute atomic E-state index is 5.42. The smallest absolute Gasteiger partial charge is 0.245 e. The second-order valence-electron chi connectivity index (χ2n) is 7.17. The average molecular weight is 409 g/mol. The Morgan fingerprint density at radius 3 is 2.93 bits per heavy atom. The van der Waals surface area contributed by atoms with Crippen LogP contribution in [0.2, 0.25) is 0 Å². The molecule has 5 rings (SSSR count). The van der Waals surface area contributed by atoms with Gasteiger partial charge < -0.3 is 9.64 Å². The monoisotopic (exact) mass is 408 g/mol. The zero-order valence-corrected chi connectivity index (χ0v) is 17.3. The first-order valence-corrected chi connectivity index (χ1v) is 11.1. The molecule has 0 amide bonds. The zero-order chi connectivity index (χ0) is 19.6. The predicted octanol–water partition coefficient (Wildman–Crippen LogP) is 3.80. The van der Waals surface area contributed by atoms with Crippen molar-refractivity contribution in [2.24, 2.45) is 0 Å². The van der Waals surface area contributed by atoms with Gasteiger partial charge in [0, 0.05) is 35.8 Å². The van der Waals surface area contributed by atoms with Gasteiger partial charge in [0.1, 0.15) is 5.65 Å². The number of rotatable bonds is 6. The van der Waals surface area contributed by atoms with E-state index in [2.05, 4.69) is 50.9 Å². The maximum Gasteiger partial charge on any atom is 0.245 e. The molecule has 0 unspecified atom stereocenters. The Morgan fingerprint density at radius 2 is 2.07 bits per heavy atom. The standard InChI is InChI=1S/C21H24N6OS/c1-2-3-12-29-18-13-16-6-7-26(20(16)22-14-18)17-4-5-19-23-21(24-27(19)15-17)25-8-10-28-11-9-25/h4-7,13-15H,2-3,8-12H2,1H3. The normalized spacial score (nSPS) is 14.9. The number of unbranched alkanes of at least 4 members (excludes halogenated alkanes) is 1. The molecule has 7 nitrogen and oxygen atoms in total. The summed E-state index contributed by atoms with van der Waals surface area (Å²) in [6.45, 7) is 5.32. The molecule has 1 saturated heterocycles. The molecule has 4 aromatic heterocycles. The first-order valence-electron chi connectivity index (χ1n) is 10.1. The van der Waals surface area contributed by atoms with E-state index in [4.69, 9.17) is 9.72 Å². The van der Waals surface area contributed by atoms with Crippen LogP contribution in [0, 0.1) is 0 Å². The highest BCUT2D eigenvalue weighted by molar-refractivity contribution is 7.99. The van der Waals surface area contributed by atoms with Gasteiger partial charge in [0.15, 0.2) is 5.65 Å². The topological polar surface area (TPSA) is 60.5 Å². The van der Waals surface area contributed by atoms with Crippen molar-refractivity contribution < 1.29 is 4.74 Å². The quantitative estimate of drug-likeness (QED) is 0.357. The van der Waals surface area contributed by atoms with Crippen LogP contribution in [0.4, 0.5) is 5.95 Å². The number of morpholine rings is 1. The summed E-state index contributed by atoms with van der Waals surface area (Å²) < 4.78 is 9.37. The zero-order valence-electron chi connectivity index (χ0n) is 16.5. The summed E-state index contributed by atoms with van der Waals surface area (Å²) in [6.07, 6.45) is 8.51. The van der Waals surface area contributed by atoms with Gasteiger partial charge in [-0.05, 0) is 36.4 Å². The van der Waals surface area contributed by atoms with Crippen molar-refractivity contribution in [3.63, 3.8) is 0 Å². The largest absolute Gasteiger partial charge is 0.378 e. The highest BCUT2D eigenvalue weighted by atomic mass is 32.2. The minimum atomic E-state index is 0.723. The molecule has 1 fully saturated rings. The molecule has 5 heterocycles. The predicted molar refractivity (Wildman–Crippen MR) is 116 cm³/mol. The molecule has 1 aliphatic rings. The van der Waals surface area contributed by atoms with Crippen molar-refractivity contribution in [2.45, 2.75) is 24.7 Å². The van der Waals surface area contributed by atoms with Crippen molar-refractivity contribution in [3.8, 4) is 5.69 Å². The van der Waals surface area contributed by atoms with Gasteiger partial charge in [-0.3, -0.25) is 4.57 Å². The molecular formula is C21H24N6OS. The lowest BCUT2D eigenvalue weighted by Gasteiger charge is -2.25. The van der Waals surface area contributed by atoms with Gasteiger partial charge in [-0.15, -0.1) is 16.9 Å². The van der Waals surface area contributed by atoms with Crippen LogP contribution in [0.1, 0.15) is 19.8 Å². The molecule has 4 aromatic rings. The number of pyridine rings is 2. The molecule has 0 aliphatic carbocycles. The third kappa shape index (κ3) is 3.70. The van der Waals surface area contributed by atoms with E-state index in [9.17, 15) is 0 Å². The molecule has 0 spiro atoms. The Morgan fingerprint density at radius 1 is 1.17 bits per heavy atom. The van der Waals surface area contributed by atoms with Gasteiger partial charge >= 0.3 is 0 Å². The van der Waals surface area contributed by atoms with Crippen molar-refractivity contribution in [1.82, 2.24) is 24.1 Å². The molecule has 0 N–H and O–H groups in total. The van der Waals surface area contributed by atoms with Crippen LogP contribution >= 0.6 is 11.8 Å². The lowest BCUT2D eigenvalue weighted by Crippen LogP contribution is -2.36. The fourth-order valence-corrected chi connectivity index (χ4v) is 4.53. The molecule has 150 valence electrons. The first-order chi connectivity index (χ1) is 14.3. The van der Waals surface area contributed by atoms with Gasteiger partial charge in [-0.2, -0.15) is 4.98 Å².